The van der Waals surface area contributed by atoms with E-state index in [9.17, 15) is 13.2 Å². The number of ether oxygens (including phenoxy) is 1. The molecule has 2 aromatic carbocycles. The van der Waals surface area contributed by atoms with Gasteiger partial charge in [-0.1, -0.05) is 19.1 Å². The molecule has 0 saturated heterocycles. The number of nitrogens with zero attached hydrogens (tertiary/aromatic N) is 1. The van der Waals surface area contributed by atoms with Gasteiger partial charge in [-0.15, -0.1) is 0 Å². The average molecular weight is 391 g/mol. The molecular formula is C20H26N2O4S. The molecule has 1 amide bonds. The van der Waals surface area contributed by atoms with Crippen molar-refractivity contribution in [1.82, 2.24) is 4.31 Å². The third-order valence-corrected chi connectivity index (χ3v) is 5.97. The van der Waals surface area contributed by atoms with Crippen LogP contribution in [0.15, 0.2) is 47.4 Å². The van der Waals surface area contributed by atoms with E-state index in [0.717, 1.165) is 16.3 Å². The van der Waals surface area contributed by atoms with Gasteiger partial charge in [-0.3, -0.25) is 4.79 Å². The van der Waals surface area contributed by atoms with Crippen molar-refractivity contribution >= 4 is 21.6 Å². The van der Waals surface area contributed by atoms with Crippen LogP contribution in [0.3, 0.4) is 0 Å². The maximum absolute atomic E-state index is 12.7. The lowest BCUT2D eigenvalue weighted by atomic mass is 10.1. The number of carbonyl (C=O) groups excluding carboxylic acids is 1. The number of benzene rings is 2. The van der Waals surface area contributed by atoms with Gasteiger partial charge >= 0.3 is 0 Å². The molecule has 0 aromatic heterocycles. The lowest BCUT2D eigenvalue weighted by molar-refractivity contribution is -0.116. The number of likely N-dealkylation sites (N-methyl/N-ethyl adjacent to an activating group) is 1. The molecule has 0 unspecified atom stereocenters. The standard InChI is InChI=1S/C20H26N2O4S/c1-5-16-7-9-17(10-8-16)21-20(23)14-22(4)27(24,25)18-11-12-19(26-6-2)15(3)13-18/h7-13H,5-6,14H2,1-4H3,(H,21,23). The van der Waals surface area contributed by atoms with Crippen molar-refractivity contribution in [3.05, 3.63) is 53.6 Å². The number of aryl methyl sites for hydroxylation is 2. The molecule has 0 aliphatic heterocycles. The molecule has 146 valence electrons. The molecule has 2 aromatic rings. The van der Waals surface area contributed by atoms with Gasteiger partial charge in [-0.25, -0.2) is 8.42 Å². The lowest BCUT2D eigenvalue weighted by Gasteiger charge is -2.18. The number of anilines is 1. The Labute approximate surface area is 161 Å². The van der Waals surface area contributed by atoms with Crippen LogP contribution in [0.1, 0.15) is 25.0 Å². The summed E-state index contributed by atoms with van der Waals surface area (Å²) in [4.78, 5) is 12.4. The Kier molecular flexibility index (Phi) is 6.98. The quantitative estimate of drug-likeness (QED) is 0.751. The van der Waals surface area contributed by atoms with E-state index in [1.165, 1.54) is 18.7 Å². The van der Waals surface area contributed by atoms with E-state index >= 15 is 0 Å². The van der Waals surface area contributed by atoms with Crippen LogP contribution in [0.2, 0.25) is 0 Å². The molecule has 6 nitrogen and oxygen atoms in total. The molecule has 7 heteroatoms. The van der Waals surface area contributed by atoms with Crippen molar-refractivity contribution in [1.29, 1.82) is 0 Å². The topological polar surface area (TPSA) is 75.7 Å². The van der Waals surface area contributed by atoms with Gasteiger partial charge in [0.15, 0.2) is 0 Å². The first-order chi connectivity index (χ1) is 12.8. The number of nitrogens with one attached hydrogen (secondary N) is 1. The first-order valence-corrected chi connectivity index (χ1v) is 10.3. The number of sulfonamides is 1. The van der Waals surface area contributed by atoms with E-state index in [4.69, 9.17) is 4.74 Å². The van der Waals surface area contributed by atoms with Crippen molar-refractivity contribution in [2.24, 2.45) is 0 Å². The lowest BCUT2D eigenvalue weighted by Crippen LogP contribution is -2.35. The van der Waals surface area contributed by atoms with Crippen molar-refractivity contribution in [2.75, 3.05) is 25.5 Å². The summed E-state index contributed by atoms with van der Waals surface area (Å²) in [5, 5.41) is 2.72. The summed E-state index contributed by atoms with van der Waals surface area (Å²) >= 11 is 0. The van der Waals surface area contributed by atoms with Crippen LogP contribution in [0.4, 0.5) is 5.69 Å². The highest BCUT2D eigenvalue weighted by atomic mass is 32.2. The van der Waals surface area contributed by atoms with Crippen molar-refractivity contribution < 1.29 is 17.9 Å². The Morgan fingerprint density at radius 1 is 1.11 bits per heavy atom. The number of amides is 1. The number of carbonyl (C=O) groups is 1. The molecule has 27 heavy (non-hydrogen) atoms. The zero-order valence-electron chi connectivity index (χ0n) is 16.2. The second-order valence-corrected chi connectivity index (χ2v) is 8.26. The summed E-state index contributed by atoms with van der Waals surface area (Å²) in [6.07, 6.45) is 0.913. The van der Waals surface area contributed by atoms with Crippen molar-refractivity contribution in [2.45, 2.75) is 32.1 Å². The van der Waals surface area contributed by atoms with Gasteiger partial charge in [0, 0.05) is 12.7 Å². The van der Waals surface area contributed by atoms with Gasteiger partial charge in [0.2, 0.25) is 15.9 Å². The number of hydrogen-bond acceptors (Lipinski definition) is 4. The predicted octanol–water partition coefficient (Wildman–Crippen LogP) is 3.22. The van der Waals surface area contributed by atoms with Gasteiger partial charge in [0.1, 0.15) is 5.75 Å². The van der Waals surface area contributed by atoms with Gasteiger partial charge < -0.3 is 10.1 Å². The Morgan fingerprint density at radius 3 is 2.33 bits per heavy atom. The summed E-state index contributed by atoms with van der Waals surface area (Å²) in [5.74, 6) is 0.250. The van der Waals surface area contributed by atoms with E-state index in [0.29, 0.717) is 18.0 Å². The smallest absolute Gasteiger partial charge is 0.243 e. The van der Waals surface area contributed by atoms with Crippen LogP contribution in [-0.2, 0) is 21.2 Å². The molecule has 0 bridgehead atoms. The second kappa shape index (κ2) is 9.01. The van der Waals surface area contributed by atoms with Crippen molar-refractivity contribution in [3.8, 4) is 5.75 Å². The van der Waals surface area contributed by atoms with E-state index in [1.807, 2.05) is 19.1 Å². The summed E-state index contributed by atoms with van der Waals surface area (Å²) in [7, 11) is -2.38. The Balaban J connectivity index is 2.07. The van der Waals surface area contributed by atoms with Gasteiger partial charge in [0.05, 0.1) is 18.0 Å². The average Bonchev–Trinajstić information content (AvgIpc) is 2.64. The van der Waals surface area contributed by atoms with Crippen LogP contribution in [-0.4, -0.2) is 38.8 Å². The summed E-state index contributed by atoms with van der Waals surface area (Å²) in [5.41, 5.74) is 2.53. The van der Waals surface area contributed by atoms with Gasteiger partial charge in [-0.2, -0.15) is 4.31 Å². The van der Waals surface area contributed by atoms with Gasteiger partial charge in [0.25, 0.3) is 0 Å². The Bertz CT molecular complexity index is 893. The van der Waals surface area contributed by atoms with Gasteiger partial charge in [-0.05, 0) is 61.7 Å². The minimum absolute atomic E-state index is 0.131. The van der Waals surface area contributed by atoms with E-state index in [2.05, 4.69) is 12.2 Å². The van der Waals surface area contributed by atoms with Crippen molar-refractivity contribution in [3.63, 3.8) is 0 Å². The normalized spacial score (nSPS) is 11.4. The van der Waals surface area contributed by atoms with E-state index in [1.54, 1.807) is 31.2 Å². The fourth-order valence-electron chi connectivity index (χ4n) is 2.59. The minimum Gasteiger partial charge on any atom is -0.494 e. The summed E-state index contributed by atoms with van der Waals surface area (Å²) in [6.45, 7) is 5.94. The Hall–Kier alpha value is -2.38. The minimum atomic E-state index is -3.77. The maximum atomic E-state index is 12.7. The van der Waals surface area contributed by atoms with E-state index < -0.39 is 15.9 Å². The summed E-state index contributed by atoms with van der Waals surface area (Å²) < 4.78 is 31.9. The number of rotatable bonds is 8. The predicted molar refractivity (Wildman–Crippen MR) is 107 cm³/mol. The number of hydrogen-bond donors (Lipinski definition) is 1. The second-order valence-electron chi connectivity index (χ2n) is 6.22. The van der Waals surface area contributed by atoms with Crippen LogP contribution in [0.25, 0.3) is 0 Å². The van der Waals surface area contributed by atoms with Crippen LogP contribution in [0.5, 0.6) is 5.75 Å². The molecule has 0 radical (unpaired) electrons. The van der Waals surface area contributed by atoms with E-state index in [-0.39, 0.29) is 11.4 Å². The van der Waals surface area contributed by atoms with Crippen LogP contribution in [0, 0.1) is 6.92 Å². The monoisotopic (exact) mass is 390 g/mol. The first kappa shape index (κ1) is 20.9. The molecule has 2 rings (SSSR count). The molecule has 0 aliphatic rings. The fraction of sp³-hybridized carbons (Fsp3) is 0.350. The highest BCUT2D eigenvalue weighted by Gasteiger charge is 2.23. The molecule has 0 atom stereocenters. The molecule has 0 saturated carbocycles. The maximum Gasteiger partial charge on any atom is 0.243 e. The molecule has 0 aliphatic carbocycles. The molecule has 1 N–H and O–H groups in total. The highest BCUT2D eigenvalue weighted by Crippen LogP contribution is 2.23. The largest absolute Gasteiger partial charge is 0.494 e. The first-order valence-electron chi connectivity index (χ1n) is 8.86. The zero-order valence-corrected chi connectivity index (χ0v) is 17.0. The molecular weight excluding hydrogens is 364 g/mol. The van der Waals surface area contributed by atoms with Crippen LogP contribution >= 0.6 is 0 Å². The summed E-state index contributed by atoms with van der Waals surface area (Å²) in [6, 6.07) is 12.2. The highest BCUT2D eigenvalue weighted by molar-refractivity contribution is 7.89. The molecule has 0 spiro atoms. The SMILES string of the molecule is CCOc1ccc(S(=O)(=O)N(C)CC(=O)Nc2ccc(CC)cc2)cc1C. The third kappa shape index (κ3) is 5.30. The molecule has 0 fully saturated rings. The Morgan fingerprint density at radius 2 is 1.78 bits per heavy atom. The fourth-order valence-corrected chi connectivity index (χ4v) is 3.80. The third-order valence-electron chi connectivity index (χ3n) is 4.17. The molecule has 0 heterocycles. The zero-order chi connectivity index (χ0) is 20.0. The van der Waals surface area contributed by atoms with Crippen LogP contribution < -0.4 is 10.1 Å².